The third-order valence-electron chi connectivity index (χ3n) is 2.76. The van der Waals surface area contributed by atoms with Gasteiger partial charge in [0.15, 0.2) is 0 Å². The van der Waals surface area contributed by atoms with Crippen molar-refractivity contribution in [2.24, 2.45) is 4.36 Å². The summed E-state index contributed by atoms with van der Waals surface area (Å²) in [7, 11) is -3.59. The minimum atomic E-state index is -3.59. The van der Waals surface area contributed by atoms with Gasteiger partial charge < -0.3 is 8.92 Å². The first-order valence-electron chi connectivity index (χ1n) is 6.87. The van der Waals surface area contributed by atoms with Crippen LogP contribution in [0, 0.1) is 10.1 Å². The van der Waals surface area contributed by atoms with Gasteiger partial charge in [-0.3, -0.25) is 10.1 Å². The Morgan fingerprint density at radius 3 is 2.33 bits per heavy atom. The number of carbonyl (C=O) groups excluding carboxylic acids is 1. The predicted molar refractivity (Wildman–Crippen MR) is 86.0 cm³/mol. The molecule has 8 nitrogen and oxygen atoms in total. The van der Waals surface area contributed by atoms with E-state index in [1.807, 2.05) is 0 Å². The molecule has 2 rings (SSSR count). The molecule has 0 bridgehead atoms. The highest BCUT2D eigenvalue weighted by molar-refractivity contribution is 7.89. The van der Waals surface area contributed by atoms with Crippen molar-refractivity contribution >= 4 is 21.8 Å². The van der Waals surface area contributed by atoms with Gasteiger partial charge in [0.1, 0.15) is 5.75 Å². The van der Waals surface area contributed by atoms with Crippen molar-refractivity contribution in [1.82, 2.24) is 0 Å². The summed E-state index contributed by atoms with van der Waals surface area (Å²) >= 11 is 0. The Balaban J connectivity index is 2.42. The van der Waals surface area contributed by atoms with Gasteiger partial charge in [0.2, 0.25) is 10.0 Å². The predicted octanol–water partition coefficient (Wildman–Crippen LogP) is 3.57. The largest absolute Gasteiger partial charge is 0.448 e. The van der Waals surface area contributed by atoms with E-state index in [-0.39, 0.29) is 22.9 Å². The molecule has 0 heterocycles. The first kappa shape index (κ1) is 17.4. The van der Waals surface area contributed by atoms with E-state index < -0.39 is 21.0 Å². The van der Waals surface area contributed by atoms with Crippen molar-refractivity contribution in [3.63, 3.8) is 0 Å². The van der Waals surface area contributed by atoms with Gasteiger partial charge in [-0.15, -0.1) is 0 Å². The minimum absolute atomic E-state index is 0.0718. The second kappa shape index (κ2) is 7.55. The highest BCUT2D eigenvalue weighted by atomic mass is 32.2. The normalized spacial score (nSPS) is 12.7. The van der Waals surface area contributed by atoms with Gasteiger partial charge in [0.25, 0.3) is 5.69 Å². The maximum atomic E-state index is 13.0. The second-order valence-electron chi connectivity index (χ2n) is 4.41. The third-order valence-corrected chi connectivity index (χ3v) is 4.44. The quantitative estimate of drug-likeness (QED) is 0.602. The van der Waals surface area contributed by atoms with Crippen molar-refractivity contribution in [3.8, 4) is 5.75 Å². The highest BCUT2D eigenvalue weighted by Crippen LogP contribution is 2.23. The fraction of sp³-hybridized carbons (Fsp3) is 0.133. The summed E-state index contributed by atoms with van der Waals surface area (Å²) in [6, 6.07) is 12.9. The van der Waals surface area contributed by atoms with E-state index in [0.717, 1.165) is 0 Å². The van der Waals surface area contributed by atoms with Gasteiger partial charge in [-0.25, -0.2) is 9.00 Å². The molecular weight excluding hydrogens is 336 g/mol. The average Bonchev–Trinajstić information content (AvgIpc) is 2.56. The van der Waals surface area contributed by atoms with Crippen LogP contribution >= 0.6 is 0 Å². The maximum absolute atomic E-state index is 13.0. The topological polar surface area (TPSA) is 108 Å². The SMILES string of the molecule is CCOC(=O)N=[S@@](=O)(Oc1ccc([N+](=O)[O-])cc1)c1ccccc1. The van der Waals surface area contributed by atoms with E-state index in [1.165, 1.54) is 36.4 Å². The Labute approximate surface area is 138 Å². The monoisotopic (exact) mass is 350 g/mol. The van der Waals surface area contributed by atoms with E-state index in [1.54, 1.807) is 25.1 Å². The van der Waals surface area contributed by atoms with Crippen molar-refractivity contribution in [2.45, 2.75) is 11.8 Å². The minimum Gasteiger partial charge on any atom is -0.448 e. The molecule has 9 heteroatoms. The number of carbonyl (C=O) groups is 1. The molecule has 0 radical (unpaired) electrons. The zero-order valence-corrected chi connectivity index (χ0v) is 13.5. The van der Waals surface area contributed by atoms with Crippen LogP contribution in [0.2, 0.25) is 0 Å². The van der Waals surface area contributed by atoms with Gasteiger partial charge in [-0.2, -0.15) is 0 Å². The number of hydrogen-bond donors (Lipinski definition) is 0. The molecule has 2 aromatic rings. The first-order valence-corrected chi connectivity index (χ1v) is 8.31. The molecule has 0 aliphatic rings. The molecule has 0 saturated carbocycles. The number of nitro benzene ring substituents is 1. The van der Waals surface area contributed by atoms with Crippen LogP contribution in [0.5, 0.6) is 5.75 Å². The molecule has 0 aromatic heterocycles. The van der Waals surface area contributed by atoms with E-state index in [0.29, 0.717) is 0 Å². The van der Waals surface area contributed by atoms with Crippen molar-refractivity contribution in [3.05, 3.63) is 64.7 Å². The lowest BCUT2D eigenvalue weighted by atomic mass is 10.3. The lowest BCUT2D eigenvalue weighted by Gasteiger charge is -2.11. The van der Waals surface area contributed by atoms with E-state index in [4.69, 9.17) is 8.92 Å². The van der Waals surface area contributed by atoms with Crippen LogP contribution in [0.3, 0.4) is 0 Å². The smallest absolute Gasteiger partial charge is 0.444 e. The Bertz CT molecular complexity index is 842. The summed E-state index contributed by atoms with van der Waals surface area (Å²) in [5.41, 5.74) is -0.143. The van der Waals surface area contributed by atoms with E-state index in [9.17, 15) is 19.1 Å². The Morgan fingerprint density at radius 1 is 1.17 bits per heavy atom. The molecule has 24 heavy (non-hydrogen) atoms. The molecule has 0 saturated heterocycles. The number of hydrogen-bond acceptors (Lipinski definition) is 6. The lowest BCUT2D eigenvalue weighted by Crippen LogP contribution is -2.13. The van der Waals surface area contributed by atoms with Crippen LogP contribution in [0.25, 0.3) is 0 Å². The molecule has 1 atom stereocenters. The summed E-state index contributed by atoms with van der Waals surface area (Å²) in [6.07, 6.45) is -1.02. The molecule has 0 N–H and O–H groups in total. The van der Waals surface area contributed by atoms with Gasteiger partial charge in [0, 0.05) is 12.1 Å². The van der Waals surface area contributed by atoms with E-state index in [2.05, 4.69) is 4.36 Å². The summed E-state index contributed by atoms with van der Waals surface area (Å²) in [5.74, 6) is 0.0718. The summed E-state index contributed by atoms with van der Waals surface area (Å²) < 4.78 is 26.6. The number of amides is 1. The fourth-order valence-electron chi connectivity index (χ4n) is 1.71. The van der Waals surface area contributed by atoms with Gasteiger partial charge >= 0.3 is 6.09 Å². The third kappa shape index (κ3) is 4.29. The van der Waals surface area contributed by atoms with Crippen LogP contribution in [0.15, 0.2) is 63.9 Å². The van der Waals surface area contributed by atoms with Crippen LogP contribution in [0.1, 0.15) is 6.92 Å². The van der Waals surface area contributed by atoms with Crippen LogP contribution in [-0.4, -0.2) is 21.8 Å². The number of non-ortho nitro benzene ring substituents is 1. The summed E-state index contributed by atoms with van der Waals surface area (Å²) in [6.45, 7) is 1.67. The van der Waals surface area contributed by atoms with Gasteiger partial charge in [0.05, 0.1) is 16.4 Å². The molecule has 0 unspecified atom stereocenters. The first-order chi connectivity index (χ1) is 11.4. The number of ether oxygens (including phenoxy) is 1. The van der Waals surface area contributed by atoms with Gasteiger partial charge in [-0.05, 0) is 31.2 Å². The number of nitrogens with zero attached hydrogens (tertiary/aromatic N) is 2. The number of nitro groups is 1. The van der Waals surface area contributed by atoms with Crippen molar-refractivity contribution < 1.29 is 22.8 Å². The van der Waals surface area contributed by atoms with Crippen molar-refractivity contribution in [1.29, 1.82) is 0 Å². The maximum Gasteiger partial charge on any atom is 0.444 e. The highest BCUT2D eigenvalue weighted by Gasteiger charge is 2.19. The van der Waals surface area contributed by atoms with Gasteiger partial charge in [-0.1, -0.05) is 22.6 Å². The molecule has 126 valence electrons. The second-order valence-corrected chi connectivity index (χ2v) is 6.18. The fourth-order valence-corrected chi connectivity index (χ4v) is 3.07. The molecule has 0 spiro atoms. The molecule has 2 aromatic carbocycles. The van der Waals surface area contributed by atoms with E-state index >= 15 is 0 Å². The summed E-state index contributed by atoms with van der Waals surface area (Å²) in [5, 5.41) is 10.7. The summed E-state index contributed by atoms with van der Waals surface area (Å²) in [4.78, 5) is 21.9. The standard InChI is InChI=1S/C15H14N2O6S/c1-2-22-15(18)16-24(21,14-6-4-3-5-7-14)23-13-10-8-12(9-11-13)17(19)20/h3-11H,2H2,1H3/t24-/m0/s1. The Morgan fingerprint density at radius 2 is 1.79 bits per heavy atom. The Kier molecular flexibility index (Phi) is 5.48. The number of benzene rings is 2. The lowest BCUT2D eigenvalue weighted by molar-refractivity contribution is -0.384. The van der Waals surface area contributed by atoms with Crippen LogP contribution < -0.4 is 4.18 Å². The molecular formula is C15H14N2O6S. The average molecular weight is 350 g/mol. The molecule has 0 aliphatic carbocycles. The Hall–Kier alpha value is -2.94. The number of rotatable bonds is 5. The zero-order valence-electron chi connectivity index (χ0n) is 12.7. The van der Waals surface area contributed by atoms with Crippen LogP contribution in [-0.2, 0) is 14.7 Å². The van der Waals surface area contributed by atoms with Crippen LogP contribution in [0.4, 0.5) is 10.5 Å². The van der Waals surface area contributed by atoms with Crippen molar-refractivity contribution in [2.75, 3.05) is 6.61 Å². The molecule has 0 fully saturated rings. The molecule has 1 amide bonds. The zero-order chi connectivity index (χ0) is 17.6. The molecule has 0 aliphatic heterocycles.